The summed E-state index contributed by atoms with van der Waals surface area (Å²) in [4.78, 5) is 5.87. The number of hydrogen-bond donors (Lipinski definition) is 2. The van der Waals surface area contributed by atoms with Crippen molar-refractivity contribution >= 4 is 17.5 Å². The topological polar surface area (TPSA) is 82.4 Å². The SMILES string of the molecule is Cc1nc(N2C[C@H](O)C[C@@H](O)C2)nnc1Cl. The molecule has 88 valence electrons. The Kier molecular flexibility index (Phi) is 3.22. The molecule has 0 bridgehead atoms. The summed E-state index contributed by atoms with van der Waals surface area (Å²) in [6.07, 6.45) is -0.747. The second-order valence-corrected chi connectivity index (χ2v) is 4.29. The van der Waals surface area contributed by atoms with Gasteiger partial charge >= 0.3 is 0 Å². The second kappa shape index (κ2) is 4.48. The van der Waals surface area contributed by atoms with Crippen LogP contribution in [0.25, 0.3) is 0 Å². The molecule has 2 heterocycles. The minimum atomic E-state index is -0.566. The van der Waals surface area contributed by atoms with Crippen LogP contribution in [0.3, 0.4) is 0 Å². The molecule has 0 saturated carbocycles. The van der Waals surface area contributed by atoms with Gasteiger partial charge in [-0.3, -0.25) is 0 Å². The molecule has 0 amide bonds. The van der Waals surface area contributed by atoms with E-state index >= 15 is 0 Å². The van der Waals surface area contributed by atoms with E-state index in [0.717, 1.165) is 0 Å². The first kappa shape index (κ1) is 11.5. The predicted octanol–water partition coefficient (Wildman–Crippen LogP) is -0.235. The molecule has 16 heavy (non-hydrogen) atoms. The Balaban J connectivity index is 2.19. The van der Waals surface area contributed by atoms with Gasteiger partial charge in [-0.05, 0) is 6.92 Å². The molecule has 6 nitrogen and oxygen atoms in total. The number of aliphatic hydroxyl groups excluding tert-OH is 2. The summed E-state index contributed by atoms with van der Waals surface area (Å²) >= 11 is 5.72. The zero-order chi connectivity index (χ0) is 11.7. The molecule has 1 aliphatic rings. The molecular weight excluding hydrogens is 232 g/mol. The van der Waals surface area contributed by atoms with Crippen molar-refractivity contribution in [1.82, 2.24) is 15.2 Å². The van der Waals surface area contributed by atoms with E-state index in [1.165, 1.54) is 0 Å². The van der Waals surface area contributed by atoms with Crippen LogP contribution in [0.4, 0.5) is 5.95 Å². The van der Waals surface area contributed by atoms with Crippen molar-refractivity contribution in [3.05, 3.63) is 10.8 Å². The maximum absolute atomic E-state index is 9.53. The average molecular weight is 245 g/mol. The summed E-state index contributed by atoms with van der Waals surface area (Å²) in [5.41, 5.74) is 0.584. The molecule has 1 aromatic rings. The van der Waals surface area contributed by atoms with E-state index in [2.05, 4.69) is 15.2 Å². The van der Waals surface area contributed by atoms with Crippen LogP contribution in [0.2, 0.25) is 5.15 Å². The lowest BCUT2D eigenvalue weighted by atomic mass is 10.1. The minimum Gasteiger partial charge on any atom is -0.391 e. The summed E-state index contributed by atoms with van der Waals surface area (Å²) in [6, 6.07) is 0. The van der Waals surface area contributed by atoms with Crippen LogP contribution in [0.1, 0.15) is 12.1 Å². The molecule has 7 heteroatoms. The van der Waals surface area contributed by atoms with Crippen molar-refractivity contribution in [2.24, 2.45) is 0 Å². The largest absolute Gasteiger partial charge is 0.391 e. The van der Waals surface area contributed by atoms with E-state index in [0.29, 0.717) is 31.2 Å². The van der Waals surface area contributed by atoms with Gasteiger partial charge in [0.25, 0.3) is 0 Å². The molecule has 1 aromatic heterocycles. The molecule has 0 radical (unpaired) electrons. The molecular formula is C9H13ClN4O2. The van der Waals surface area contributed by atoms with Crippen molar-refractivity contribution in [2.45, 2.75) is 25.6 Å². The number of anilines is 1. The molecule has 2 rings (SSSR count). The van der Waals surface area contributed by atoms with Gasteiger partial charge in [-0.1, -0.05) is 11.6 Å². The van der Waals surface area contributed by atoms with Gasteiger partial charge in [0.05, 0.1) is 17.9 Å². The van der Waals surface area contributed by atoms with Gasteiger partial charge in [0.15, 0.2) is 5.15 Å². The zero-order valence-corrected chi connectivity index (χ0v) is 9.59. The Morgan fingerprint density at radius 3 is 2.44 bits per heavy atom. The summed E-state index contributed by atoms with van der Waals surface area (Å²) < 4.78 is 0. The van der Waals surface area contributed by atoms with Crippen molar-refractivity contribution in [3.8, 4) is 0 Å². The number of aliphatic hydroxyl groups is 2. The third-order valence-electron chi connectivity index (χ3n) is 2.48. The Morgan fingerprint density at radius 1 is 1.25 bits per heavy atom. The third-order valence-corrected chi connectivity index (χ3v) is 2.83. The highest BCUT2D eigenvalue weighted by Crippen LogP contribution is 2.17. The maximum atomic E-state index is 9.53. The summed E-state index contributed by atoms with van der Waals surface area (Å²) in [7, 11) is 0. The second-order valence-electron chi connectivity index (χ2n) is 3.94. The molecule has 1 fully saturated rings. The van der Waals surface area contributed by atoms with Crippen LogP contribution in [-0.2, 0) is 0 Å². The zero-order valence-electron chi connectivity index (χ0n) is 8.84. The van der Waals surface area contributed by atoms with Gasteiger partial charge in [0.2, 0.25) is 5.95 Å². The summed E-state index contributed by atoms with van der Waals surface area (Å²) in [5.74, 6) is 0.389. The molecule has 1 saturated heterocycles. The van der Waals surface area contributed by atoms with Crippen LogP contribution in [0.5, 0.6) is 0 Å². The highest BCUT2D eigenvalue weighted by atomic mass is 35.5. The third kappa shape index (κ3) is 2.40. The number of hydrogen-bond acceptors (Lipinski definition) is 6. The highest BCUT2D eigenvalue weighted by molar-refractivity contribution is 6.29. The first-order chi connectivity index (χ1) is 7.56. The van der Waals surface area contributed by atoms with Crippen molar-refractivity contribution in [2.75, 3.05) is 18.0 Å². The van der Waals surface area contributed by atoms with Gasteiger partial charge in [-0.25, -0.2) is 4.98 Å². The van der Waals surface area contributed by atoms with Gasteiger partial charge in [0, 0.05) is 19.5 Å². The van der Waals surface area contributed by atoms with Crippen molar-refractivity contribution in [1.29, 1.82) is 0 Å². The lowest BCUT2D eigenvalue weighted by molar-refractivity contribution is 0.0644. The van der Waals surface area contributed by atoms with E-state index in [4.69, 9.17) is 11.6 Å². The monoisotopic (exact) mass is 244 g/mol. The van der Waals surface area contributed by atoms with E-state index < -0.39 is 12.2 Å². The number of piperidine rings is 1. The molecule has 0 aromatic carbocycles. The van der Waals surface area contributed by atoms with E-state index in [-0.39, 0.29) is 5.15 Å². The lowest BCUT2D eigenvalue weighted by Crippen LogP contribution is -2.46. The number of rotatable bonds is 1. The van der Waals surface area contributed by atoms with Crippen LogP contribution < -0.4 is 4.90 Å². The van der Waals surface area contributed by atoms with Crippen LogP contribution in [0.15, 0.2) is 0 Å². The van der Waals surface area contributed by atoms with Gasteiger partial charge < -0.3 is 15.1 Å². The van der Waals surface area contributed by atoms with Crippen LogP contribution in [-0.4, -0.2) is 50.7 Å². The van der Waals surface area contributed by atoms with Gasteiger partial charge in [0.1, 0.15) is 0 Å². The highest BCUT2D eigenvalue weighted by Gasteiger charge is 2.26. The molecule has 0 aliphatic carbocycles. The Bertz CT molecular complexity index is 380. The van der Waals surface area contributed by atoms with Crippen molar-refractivity contribution in [3.63, 3.8) is 0 Å². The fourth-order valence-electron chi connectivity index (χ4n) is 1.72. The molecule has 0 unspecified atom stereocenters. The fraction of sp³-hybridized carbons (Fsp3) is 0.667. The van der Waals surface area contributed by atoms with Crippen LogP contribution in [0, 0.1) is 6.92 Å². The van der Waals surface area contributed by atoms with E-state index in [1.807, 2.05) is 0 Å². The number of β-amino-alcohol motifs (C(OH)–C–C–N with tert-alkyl or cyclic N) is 2. The predicted molar refractivity (Wildman–Crippen MR) is 58.4 cm³/mol. The minimum absolute atomic E-state index is 0.266. The number of nitrogens with zero attached hydrogens (tertiary/aromatic N) is 4. The van der Waals surface area contributed by atoms with E-state index in [1.54, 1.807) is 11.8 Å². The Labute approximate surface area is 97.9 Å². The normalized spacial score (nSPS) is 25.9. The quantitative estimate of drug-likeness (QED) is 0.710. The number of halogens is 1. The van der Waals surface area contributed by atoms with Crippen molar-refractivity contribution < 1.29 is 10.2 Å². The first-order valence-corrected chi connectivity index (χ1v) is 5.42. The summed E-state index contributed by atoms with van der Waals surface area (Å²) in [6.45, 7) is 2.54. The fourth-order valence-corrected chi connectivity index (χ4v) is 1.80. The van der Waals surface area contributed by atoms with Gasteiger partial charge in [-0.2, -0.15) is 0 Å². The lowest BCUT2D eigenvalue weighted by Gasteiger charge is -2.32. The maximum Gasteiger partial charge on any atom is 0.245 e. The molecule has 2 atom stereocenters. The van der Waals surface area contributed by atoms with E-state index in [9.17, 15) is 10.2 Å². The molecule has 1 aliphatic heterocycles. The Morgan fingerprint density at radius 2 is 1.88 bits per heavy atom. The average Bonchev–Trinajstić information content (AvgIpc) is 2.20. The molecule has 0 spiro atoms. The first-order valence-electron chi connectivity index (χ1n) is 5.04. The van der Waals surface area contributed by atoms with Crippen LogP contribution >= 0.6 is 11.6 Å². The smallest absolute Gasteiger partial charge is 0.245 e. The summed E-state index contributed by atoms with van der Waals surface area (Å²) in [5, 5.41) is 26.9. The standard InChI is InChI=1S/C9H13ClN4O2/c1-5-8(10)12-13-9(11-5)14-3-6(15)2-7(16)4-14/h6-7,15-16H,2-4H2,1H3/t6-,7-/m1/s1. The number of aromatic nitrogens is 3. The van der Waals surface area contributed by atoms with Gasteiger partial charge in [-0.15, -0.1) is 10.2 Å². The number of aryl methyl sites for hydroxylation is 1. The molecule has 2 N–H and O–H groups in total. The Hall–Kier alpha value is -0.980.